The van der Waals surface area contributed by atoms with Gasteiger partial charge < -0.3 is 19.7 Å². The molecule has 27 heavy (non-hydrogen) atoms. The highest BCUT2D eigenvalue weighted by molar-refractivity contribution is 5.95. The van der Waals surface area contributed by atoms with Gasteiger partial charge in [0.2, 0.25) is 5.91 Å². The Bertz CT molecular complexity index is 772. The molecule has 3 rings (SSSR count). The van der Waals surface area contributed by atoms with Crippen LogP contribution >= 0.6 is 0 Å². The number of benzene rings is 2. The number of hydrogen-bond acceptors (Lipinski definition) is 4. The molecule has 2 aromatic carbocycles. The van der Waals surface area contributed by atoms with Crippen molar-refractivity contribution in [1.29, 1.82) is 0 Å². The molecule has 1 N–H and O–H groups in total. The van der Waals surface area contributed by atoms with E-state index < -0.39 is 0 Å². The topological polar surface area (TPSA) is 50.8 Å². The summed E-state index contributed by atoms with van der Waals surface area (Å²) in [6, 6.07) is 14.1. The van der Waals surface area contributed by atoms with Crippen LogP contribution in [0.1, 0.15) is 37.8 Å². The van der Waals surface area contributed by atoms with Crippen LogP contribution in [-0.2, 0) is 17.9 Å². The molecule has 0 aromatic heterocycles. The summed E-state index contributed by atoms with van der Waals surface area (Å²) >= 11 is 0. The lowest BCUT2D eigenvalue weighted by atomic mass is 10.1. The van der Waals surface area contributed by atoms with Crippen molar-refractivity contribution in [3.05, 3.63) is 53.6 Å². The SMILES string of the molecule is COc1cccc(CNCc2ccc(N3CCCC3=O)cc2)c1OC(C)C. The summed E-state index contributed by atoms with van der Waals surface area (Å²) < 4.78 is 11.4. The minimum absolute atomic E-state index is 0.0842. The summed E-state index contributed by atoms with van der Waals surface area (Å²) in [6.45, 7) is 6.27. The number of nitrogens with one attached hydrogen (secondary N) is 1. The van der Waals surface area contributed by atoms with E-state index in [0.717, 1.165) is 42.3 Å². The molecule has 0 saturated carbocycles. The zero-order chi connectivity index (χ0) is 19.2. The van der Waals surface area contributed by atoms with Gasteiger partial charge >= 0.3 is 0 Å². The van der Waals surface area contributed by atoms with E-state index in [2.05, 4.69) is 23.5 Å². The van der Waals surface area contributed by atoms with Gasteiger partial charge in [0.1, 0.15) is 0 Å². The number of amides is 1. The lowest BCUT2D eigenvalue weighted by Crippen LogP contribution is -2.23. The van der Waals surface area contributed by atoms with Crippen LogP contribution in [0.15, 0.2) is 42.5 Å². The van der Waals surface area contributed by atoms with Crippen LogP contribution in [0.3, 0.4) is 0 Å². The molecule has 1 heterocycles. The van der Waals surface area contributed by atoms with Crippen molar-refractivity contribution in [2.45, 2.75) is 45.9 Å². The number of ether oxygens (including phenoxy) is 2. The molecule has 5 heteroatoms. The Kier molecular flexibility index (Phi) is 6.35. The van der Waals surface area contributed by atoms with Crippen molar-refractivity contribution >= 4 is 11.6 Å². The van der Waals surface area contributed by atoms with Crippen LogP contribution in [0.2, 0.25) is 0 Å². The van der Waals surface area contributed by atoms with Gasteiger partial charge in [0.15, 0.2) is 11.5 Å². The highest BCUT2D eigenvalue weighted by Crippen LogP contribution is 2.32. The summed E-state index contributed by atoms with van der Waals surface area (Å²) in [4.78, 5) is 13.7. The Hall–Kier alpha value is -2.53. The van der Waals surface area contributed by atoms with E-state index in [0.29, 0.717) is 13.0 Å². The lowest BCUT2D eigenvalue weighted by Gasteiger charge is -2.18. The second-order valence-electron chi connectivity index (χ2n) is 7.03. The summed E-state index contributed by atoms with van der Waals surface area (Å²) in [7, 11) is 1.66. The molecule has 1 saturated heterocycles. The molecule has 0 spiro atoms. The molecule has 5 nitrogen and oxygen atoms in total. The molecule has 144 valence electrons. The summed E-state index contributed by atoms with van der Waals surface area (Å²) in [6.07, 6.45) is 1.69. The molecule has 0 bridgehead atoms. The van der Waals surface area contributed by atoms with Gasteiger partial charge in [0.25, 0.3) is 0 Å². The van der Waals surface area contributed by atoms with E-state index in [-0.39, 0.29) is 12.0 Å². The first-order valence-corrected chi connectivity index (χ1v) is 9.51. The number of methoxy groups -OCH3 is 1. The molecular weight excluding hydrogens is 340 g/mol. The minimum atomic E-state index is 0.0842. The summed E-state index contributed by atoms with van der Waals surface area (Å²) in [5.74, 6) is 1.77. The third-order valence-corrected chi connectivity index (χ3v) is 4.60. The van der Waals surface area contributed by atoms with Crippen LogP contribution in [0, 0.1) is 0 Å². The van der Waals surface area contributed by atoms with Crippen LogP contribution in [0.4, 0.5) is 5.69 Å². The normalized spacial score (nSPS) is 14.1. The summed E-state index contributed by atoms with van der Waals surface area (Å²) in [5, 5.41) is 3.46. The first kappa shape index (κ1) is 19.2. The fourth-order valence-electron chi connectivity index (χ4n) is 3.29. The Morgan fingerprint density at radius 1 is 1.11 bits per heavy atom. The predicted molar refractivity (Wildman–Crippen MR) is 107 cm³/mol. The maximum Gasteiger partial charge on any atom is 0.227 e. The standard InChI is InChI=1S/C22H28N2O3/c1-16(2)27-22-18(6-4-7-20(22)26-3)15-23-14-17-9-11-19(12-10-17)24-13-5-8-21(24)25/h4,6-7,9-12,16,23H,5,8,13-15H2,1-3H3. The first-order valence-electron chi connectivity index (χ1n) is 9.51. The molecule has 0 atom stereocenters. The van der Waals surface area contributed by atoms with Gasteiger partial charge in [0, 0.05) is 37.3 Å². The van der Waals surface area contributed by atoms with E-state index in [9.17, 15) is 4.79 Å². The Balaban J connectivity index is 1.60. The van der Waals surface area contributed by atoms with Crippen molar-refractivity contribution in [2.24, 2.45) is 0 Å². The van der Waals surface area contributed by atoms with Crippen LogP contribution < -0.4 is 19.7 Å². The van der Waals surface area contributed by atoms with Crippen LogP contribution in [0.5, 0.6) is 11.5 Å². The van der Waals surface area contributed by atoms with Crippen molar-refractivity contribution in [3.8, 4) is 11.5 Å². The molecule has 1 fully saturated rings. The maximum absolute atomic E-state index is 11.8. The van der Waals surface area contributed by atoms with Crippen molar-refractivity contribution in [3.63, 3.8) is 0 Å². The average molecular weight is 368 g/mol. The van der Waals surface area contributed by atoms with Gasteiger partial charge in [-0.3, -0.25) is 4.79 Å². The summed E-state index contributed by atoms with van der Waals surface area (Å²) in [5.41, 5.74) is 3.24. The zero-order valence-corrected chi connectivity index (χ0v) is 16.3. The maximum atomic E-state index is 11.8. The smallest absolute Gasteiger partial charge is 0.227 e. The number of para-hydroxylation sites is 1. The second-order valence-corrected chi connectivity index (χ2v) is 7.03. The molecule has 1 aliphatic heterocycles. The third kappa shape index (κ3) is 4.80. The van der Waals surface area contributed by atoms with Gasteiger partial charge in [-0.1, -0.05) is 24.3 Å². The molecule has 1 aliphatic rings. The Labute approximate surface area is 161 Å². The highest BCUT2D eigenvalue weighted by Gasteiger charge is 2.21. The van der Waals surface area contributed by atoms with Crippen molar-refractivity contribution in [2.75, 3.05) is 18.6 Å². The van der Waals surface area contributed by atoms with Gasteiger partial charge in [-0.25, -0.2) is 0 Å². The second kappa shape index (κ2) is 8.91. The number of nitrogens with zero attached hydrogens (tertiary/aromatic N) is 1. The molecule has 1 amide bonds. The number of carbonyl (C=O) groups is 1. The van der Waals surface area contributed by atoms with Crippen LogP contribution in [-0.4, -0.2) is 25.7 Å². The number of carbonyl (C=O) groups excluding carboxylic acids is 1. The number of hydrogen-bond donors (Lipinski definition) is 1. The molecular formula is C22H28N2O3. The Morgan fingerprint density at radius 2 is 1.89 bits per heavy atom. The fourth-order valence-corrected chi connectivity index (χ4v) is 3.29. The van der Waals surface area contributed by atoms with Crippen molar-refractivity contribution in [1.82, 2.24) is 5.32 Å². The van der Waals surface area contributed by atoms with E-state index in [1.165, 1.54) is 5.56 Å². The Morgan fingerprint density at radius 3 is 2.52 bits per heavy atom. The quantitative estimate of drug-likeness (QED) is 0.768. The van der Waals surface area contributed by atoms with E-state index >= 15 is 0 Å². The van der Waals surface area contributed by atoms with Gasteiger partial charge in [0.05, 0.1) is 13.2 Å². The molecule has 0 unspecified atom stereocenters. The minimum Gasteiger partial charge on any atom is -0.493 e. The van der Waals surface area contributed by atoms with Gasteiger partial charge in [-0.2, -0.15) is 0 Å². The largest absolute Gasteiger partial charge is 0.493 e. The van der Waals surface area contributed by atoms with E-state index in [1.54, 1.807) is 7.11 Å². The third-order valence-electron chi connectivity index (χ3n) is 4.60. The van der Waals surface area contributed by atoms with E-state index in [1.807, 2.05) is 43.0 Å². The lowest BCUT2D eigenvalue weighted by molar-refractivity contribution is -0.117. The molecule has 2 aromatic rings. The van der Waals surface area contributed by atoms with Crippen LogP contribution in [0.25, 0.3) is 0 Å². The van der Waals surface area contributed by atoms with Gasteiger partial charge in [-0.15, -0.1) is 0 Å². The van der Waals surface area contributed by atoms with Gasteiger partial charge in [-0.05, 0) is 44.0 Å². The predicted octanol–water partition coefficient (Wildman–Crippen LogP) is 3.90. The highest BCUT2D eigenvalue weighted by atomic mass is 16.5. The molecule has 0 radical (unpaired) electrons. The number of anilines is 1. The fraction of sp³-hybridized carbons (Fsp3) is 0.409. The zero-order valence-electron chi connectivity index (χ0n) is 16.3. The first-order chi connectivity index (χ1) is 13.1. The van der Waals surface area contributed by atoms with E-state index in [4.69, 9.17) is 9.47 Å². The monoisotopic (exact) mass is 368 g/mol. The average Bonchev–Trinajstić information content (AvgIpc) is 3.09. The molecule has 0 aliphatic carbocycles. The number of rotatable bonds is 8. The van der Waals surface area contributed by atoms with Crippen molar-refractivity contribution < 1.29 is 14.3 Å².